The molecule has 0 aliphatic carbocycles. The molecule has 6 heteroatoms. The summed E-state index contributed by atoms with van der Waals surface area (Å²) in [5, 5.41) is 0.0675. The molecule has 0 saturated carbocycles. The van der Waals surface area contributed by atoms with Gasteiger partial charge >= 0.3 is 0 Å². The molecule has 1 aromatic rings. The van der Waals surface area contributed by atoms with Crippen LogP contribution in [-0.2, 0) is 10.0 Å². The van der Waals surface area contributed by atoms with Crippen molar-refractivity contribution in [3.8, 4) is 0 Å². The summed E-state index contributed by atoms with van der Waals surface area (Å²) in [6.45, 7) is 2.51. The van der Waals surface area contributed by atoms with Gasteiger partial charge in [0.2, 0.25) is 10.0 Å². The maximum Gasteiger partial charge on any atom is 0.239 e. The van der Waals surface area contributed by atoms with E-state index in [1.807, 2.05) is 13.0 Å². The van der Waals surface area contributed by atoms with Crippen LogP contribution < -0.4 is 10.0 Å². The van der Waals surface area contributed by atoms with Crippen LogP contribution in [0.15, 0.2) is 18.2 Å². The quantitative estimate of drug-likeness (QED) is 0.889. The molecular weight excluding hydrogens is 260 g/mol. The van der Waals surface area contributed by atoms with Gasteiger partial charge in [-0.2, -0.15) is 0 Å². The van der Waals surface area contributed by atoms with Crippen LogP contribution in [-0.4, -0.2) is 26.8 Å². The summed E-state index contributed by atoms with van der Waals surface area (Å²) in [5.74, 6) is 0. The number of benzene rings is 1. The lowest BCUT2D eigenvalue weighted by atomic mass is 10.2. The zero-order valence-electron chi connectivity index (χ0n) is 9.56. The lowest BCUT2D eigenvalue weighted by molar-refractivity contribution is 0.588. The number of halogens is 1. The Morgan fingerprint density at radius 2 is 2.24 bits per heavy atom. The second-order valence-electron chi connectivity index (χ2n) is 4.19. The van der Waals surface area contributed by atoms with Crippen LogP contribution in [0.1, 0.15) is 12.0 Å². The van der Waals surface area contributed by atoms with Gasteiger partial charge < -0.3 is 5.73 Å². The van der Waals surface area contributed by atoms with Crippen molar-refractivity contribution in [2.24, 2.45) is 5.73 Å². The molecule has 1 aliphatic rings. The van der Waals surface area contributed by atoms with Gasteiger partial charge in [0.25, 0.3) is 0 Å². The van der Waals surface area contributed by atoms with Gasteiger partial charge in [-0.1, -0.05) is 17.7 Å². The van der Waals surface area contributed by atoms with Crippen LogP contribution in [0.2, 0.25) is 5.02 Å². The van der Waals surface area contributed by atoms with Crippen molar-refractivity contribution in [2.75, 3.05) is 17.4 Å². The van der Waals surface area contributed by atoms with E-state index in [0.717, 1.165) is 5.56 Å². The monoisotopic (exact) mass is 274 g/mol. The first-order chi connectivity index (χ1) is 7.96. The van der Waals surface area contributed by atoms with Gasteiger partial charge in [-0.25, -0.2) is 8.42 Å². The van der Waals surface area contributed by atoms with Crippen LogP contribution in [0.25, 0.3) is 0 Å². The van der Waals surface area contributed by atoms with E-state index in [-0.39, 0.29) is 6.54 Å². The topological polar surface area (TPSA) is 63.4 Å². The Bertz CT molecular complexity index is 530. The maximum atomic E-state index is 12.2. The smallest absolute Gasteiger partial charge is 0.239 e. The highest BCUT2D eigenvalue weighted by atomic mass is 35.5. The van der Waals surface area contributed by atoms with Gasteiger partial charge in [-0.15, -0.1) is 0 Å². The minimum absolute atomic E-state index is 0.165. The Kier molecular flexibility index (Phi) is 3.34. The van der Waals surface area contributed by atoms with Crippen LogP contribution in [0.4, 0.5) is 5.69 Å². The zero-order chi connectivity index (χ0) is 12.6. The molecule has 94 valence electrons. The molecule has 2 N–H and O–H groups in total. The summed E-state index contributed by atoms with van der Waals surface area (Å²) in [6, 6.07) is 5.26. The molecule has 1 saturated heterocycles. The second-order valence-corrected chi connectivity index (χ2v) is 6.77. The third-order valence-corrected chi connectivity index (χ3v) is 5.58. The molecule has 1 atom stereocenters. The first-order valence-corrected chi connectivity index (χ1v) is 7.32. The molecule has 0 radical (unpaired) electrons. The number of hydrogen-bond donors (Lipinski definition) is 1. The van der Waals surface area contributed by atoms with E-state index in [2.05, 4.69) is 0 Å². The van der Waals surface area contributed by atoms with Gasteiger partial charge in [0, 0.05) is 18.1 Å². The number of anilines is 1. The molecule has 0 unspecified atom stereocenters. The highest BCUT2D eigenvalue weighted by Gasteiger charge is 2.38. The normalized spacial score (nSPS) is 23.0. The number of hydrogen-bond acceptors (Lipinski definition) is 3. The van der Waals surface area contributed by atoms with Crippen LogP contribution >= 0.6 is 11.6 Å². The van der Waals surface area contributed by atoms with Crippen molar-refractivity contribution < 1.29 is 8.42 Å². The molecule has 1 heterocycles. The Balaban J connectivity index is 2.45. The summed E-state index contributed by atoms with van der Waals surface area (Å²) in [7, 11) is -3.32. The fourth-order valence-electron chi connectivity index (χ4n) is 2.07. The molecular formula is C11H15ClN2O2S. The first kappa shape index (κ1) is 12.7. The van der Waals surface area contributed by atoms with Crippen molar-refractivity contribution in [3.05, 3.63) is 28.8 Å². The first-order valence-electron chi connectivity index (χ1n) is 5.44. The Hall–Kier alpha value is -0.780. The molecule has 17 heavy (non-hydrogen) atoms. The minimum atomic E-state index is -3.32. The maximum absolute atomic E-state index is 12.2. The van der Waals surface area contributed by atoms with E-state index in [1.165, 1.54) is 4.31 Å². The van der Waals surface area contributed by atoms with Crippen molar-refractivity contribution >= 4 is 27.3 Å². The third-order valence-electron chi connectivity index (χ3n) is 3.09. The van der Waals surface area contributed by atoms with Crippen LogP contribution in [0.3, 0.4) is 0 Å². The molecule has 1 aromatic carbocycles. The van der Waals surface area contributed by atoms with E-state index < -0.39 is 15.3 Å². The minimum Gasteiger partial charge on any atom is -0.329 e. The van der Waals surface area contributed by atoms with Gasteiger partial charge in [0.1, 0.15) is 0 Å². The van der Waals surface area contributed by atoms with Gasteiger partial charge in [0.05, 0.1) is 10.9 Å². The van der Waals surface area contributed by atoms with E-state index in [1.54, 1.807) is 12.1 Å². The molecule has 1 aliphatic heterocycles. The largest absolute Gasteiger partial charge is 0.329 e. The highest BCUT2D eigenvalue weighted by molar-refractivity contribution is 7.93. The van der Waals surface area contributed by atoms with E-state index in [9.17, 15) is 8.42 Å². The molecule has 0 spiro atoms. The van der Waals surface area contributed by atoms with E-state index in [0.29, 0.717) is 23.7 Å². The standard InChI is InChI=1S/C11H15ClN2O2S/c1-8-2-3-9(12)6-11(8)14-5-4-10(7-13)17(14,15)16/h2-3,6,10H,4-5,7,13H2,1H3/t10-/m0/s1. The van der Waals surface area contributed by atoms with Crippen molar-refractivity contribution in [1.82, 2.24) is 0 Å². The van der Waals surface area contributed by atoms with Gasteiger partial charge in [-0.3, -0.25) is 4.31 Å². The number of nitrogens with zero attached hydrogens (tertiary/aromatic N) is 1. The fourth-order valence-corrected chi connectivity index (χ4v) is 4.07. The molecule has 0 bridgehead atoms. The predicted octanol–water partition coefficient (Wildman–Crippen LogP) is 1.52. The number of aryl methyl sites for hydroxylation is 1. The van der Waals surface area contributed by atoms with Gasteiger partial charge in [-0.05, 0) is 31.0 Å². The summed E-state index contributed by atoms with van der Waals surface area (Å²) < 4.78 is 25.8. The Labute approximate surface area is 106 Å². The molecule has 0 aromatic heterocycles. The highest BCUT2D eigenvalue weighted by Crippen LogP contribution is 2.32. The van der Waals surface area contributed by atoms with E-state index >= 15 is 0 Å². The average Bonchev–Trinajstić information content (AvgIpc) is 2.57. The predicted molar refractivity (Wildman–Crippen MR) is 69.9 cm³/mol. The third kappa shape index (κ3) is 2.14. The molecule has 4 nitrogen and oxygen atoms in total. The van der Waals surface area contributed by atoms with Crippen molar-refractivity contribution in [2.45, 2.75) is 18.6 Å². The SMILES string of the molecule is Cc1ccc(Cl)cc1N1CC[C@@H](CN)S1(=O)=O. The summed E-state index contributed by atoms with van der Waals surface area (Å²) in [4.78, 5) is 0. The van der Waals surface area contributed by atoms with Crippen LogP contribution in [0, 0.1) is 6.92 Å². The fraction of sp³-hybridized carbons (Fsp3) is 0.455. The average molecular weight is 275 g/mol. The number of nitrogens with two attached hydrogens (primary N) is 1. The summed E-state index contributed by atoms with van der Waals surface area (Å²) in [5.41, 5.74) is 7.05. The van der Waals surface area contributed by atoms with E-state index in [4.69, 9.17) is 17.3 Å². The van der Waals surface area contributed by atoms with Gasteiger partial charge in [0.15, 0.2) is 0 Å². The Morgan fingerprint density at radius 1 is 1.53 bits per heavy atom. The lowest BCUT2D eigenvalue weighted by Crippen LogP contribution is -2.33. The molecule has 2 rings (SSSR count). The number of rotatable bonds is 2. The zero-order valence-corrected chi connectivity index (χ0v) is 11.1. The van der Waals surface area contributed by atoms with Crippen LogP contribution in [0.5, 0.6) is 0 Å². The molecule has 1 fully saturated rings. The lowest BCUT2D eigenvalue weighted by Gasteiger charge is -2.20. The summed E-state index contributed by atoms with van der Waals surface area (Å²) >= 11 is 5.91. The second kappa shape index (κ2) is 4.48. The van der Waals surface area contributed by atoms with Crippen molar-refractivity contribution in [1.29, 1.82) is 0 Å². The molecule has 0 amide bonds. The number of sulfonamides is 1. The summed E-state index contributed by atoms with van der Waals surface area (Å²) in [6.07, 6.45) is 0.574. The van der Waals surface area contributed by atoms with Crippen molar-refractivity contribution in [3.63, 3.8) is 0 Å². The Morgan fingerprint density at radius 3 is 2.82 bits per heavy atom.